The Morgan fingerprint density at radius 1 is 1.00 bits per heavy atom. The second kappa shape index (κ2) is 8.04. The highest BCUT2D eigenvalue weighted by molar-refractivity contribution is 7.80. The van der Waals surface area contributed by atoms with E-state index in [1.165, 1.54) is 30.3 Å². The molecule has 0 atom stereocenters. The lowest BCUT2D eigenvalue weighted by Gasteiger charge is -2.12. The first-order chi connectivity index (χ1) is 11.1. The van der Waals surface area contributed by atoms with Crippen molar-refractivity contribution in [2.45, 2.75) is 0 Å². The molecule has 0 fully saturated rings. The highest BCUT2D eigenvalue weighted by Crippen LogP contribution is 2.15. The minimum absolute atomic E-state index is 0.00524. The summed E-state index contributed by atoms with van der Waals surface area (Å²) >= 11 is 4.91. The van der Waals surface area contributed by atoms with E-state index in [-0.39, 0.29) is 16.5 Å². The Balaban J connectivity index is 1.75. The molecule has 2 aromatic carbocycles. The van der Waals surface area contributed by atoms with Crippen molar-refractivity contribution in [3.8, 4) is 5.75 Å². The predicted octanol–water partition coefficient (Wildman–Crippen LogP) is 2.36. The van der Waals surface area contributed by atoms with Crippen molar-refractivity contribution in [3.63, 3.8) is 0 Å². The number of anilines is 1. The maximum absolute atomic E-state index is 13.4. The summed E-state index contributed by atoms with van der Waals surface area (Å²) in [5, 5.41) is 2.57. The van der Waals surface area contributed by atoms with E-state index in [1.807, 2.05) is 0 Å². The van der Waals surface area contributed by atoms with Crippen molar-refractivity contribution in [2.24, 2.45) is 0 Å². The van der Waals surface area contributed by atoms with Crippen LogP contribution in [0.25, 0.3) is 0 Å². The second-order valence-corrected chi connectivity index (χ2v) is 4.73. The number of hydrazine groups is 1. The van der Waals surface area contributed by atoms with Gasteiger partial charge in [0.05, 0.1) is 5.69 Å². The van der Waals surface area contributed by atoms with Crippen molar-refractivity contribution < 1.29 is 18.3 Å². The number of rotatable bonds is 4. The summed E-state index contributed by atoms with van der Waals surface area (Å²) in [6, 6.07) is 11.7. The first-order valence-corrected chi connectivity index (χ1v) is 6.95. The van der Waals surface area contributed by atoms with E-state index in [1.54, 1.807) is 18.2 Å². The molecule has 0 saturated carbocycles. The molecule has 0 aromatic heterocycles. The van der Waals surface area contributed by atoms with Gasteiger partial charge in [-0.25, -0.2) is 8.78 Å². The number of amides is 1. The Morgan fingerprint density at radius 2 is 1.65 bits per heavy atom. The molecule has 0 radical (unpaired) electrons. The summed E-state index contributed by atoms with van der Waals surface area (Å²) in [4.78, 5) is 11.6. The Labute approximate surface area is 136 Å². The fourth-order valence-electron chi connectivity index (χ4n) is 1.58. The van der Waals surface area contributed by atoms with Gasteiger partial charge in [-0.3, -0.25) is 15.6 Å². The molecule has 0 bridgehead atoms. The molecule has 0 spiro atoms. The van der Waals surface area contributed by atoms with Gasteiger partial charge in [0.2, 0.25) is 0 Å². The zero-order valence-electron chi connectivity index (χ0n) is 11.8. The van der Waals surface area contributed by atoms with E-state index in [0.29, 0.717) is 0 Å². The maximum Gasteiger partial charge on any atom is 0.276 e. The number of nitrogens with one attached hydrogen (secondary N) is 3. The lowest BCUT2D eigenvalue weighted by molar-refractivity contribution is -0.123. The SMILES string of the molecule is O=C(COc1ccccc1F)NNC(=S)Nc1ccccc1F. The third kappa shape index (κ3) is 5.19. The van der Waals surface area contributed by atoms with Crippen LogP contribution in [0.1, 0.15) is 0 Å². The van der Waals surface area contributed by atoms with E-state index in [4.69, 9.17) is 17.0 Å². The van der Waals surface area contributed by atoms with E-state index in [2.05, 4.69) is 16.2 Å². The smallest absolute Gasteiger partial charge is 0.276 e. The molecule has 1 amide bonds. The largest absolute Gasteiger partial charge is 0.481 e. The van der Waals surface area contributed by atoms with Crippen molar-refractivity contribution >= 4 is 28.9 Å². The van der Waals surface area contributed by atoms with Crippen molar-refractivity contribution in [1.82, 2.24) is 10.9 Å². The van der Waals surface area contributed by atoms with E-state index in [0.717, 1.165) is 0 Å². The average molecular weight is 337 g/mol. The van der Waals surface area contributed by atoms with Crippen LogP contribution in [0.4, 0.5) is 14.5 Å². The molecule has 8 heteroatoms. The van der Waals surface area contributed by atoms with Gasteiger partial charge in [0.25, 0.3) is 5.91 Å². The first kappa shape index (κ1) is 16.6. The number of ether oxygens (including phenoxy) is 1. The van der Waals surface area contributed by atoms with Gasteiger partial charge in [0.15, 0.2) is 23.3 Å². The van der Waals surface area contributed by atoms with Crippen LogP contribution in [0.3, 0.4) is 0 Å². The molecule has 0 aliphatic rings. The van der Waals surface area contributed by atoms with Gasteiger partial charge in [-0.1, -0.05) is 24.3 Å². The molecule has 23 heavy (non-hydrogen) atoms. The molecule has 3 N–H and O–H groups in total. The fourth-order valence-corrected chi connectivity index (χ4v) is 1.74. The molecule has 5 nitrogen and oxygen atoms in total. The molecule has 2 rings (SSSR count). The standard InChI is InChI=1S/C15H13F2N3O2S/c16-10-5-1-3-7-12(10)18-15(23)20-19-14(21)9-22-13-8-4-2-6-11(13)17/h1-8H,9H2,(H,19,21)(H2,18,20,23). The Bertz CT molecular complexity index is 713. The van der Waals surface area contributed by atoms with E-state index < -0.39 is 24.1 Å². The maximum atomic E-state index is 13.4. The van der Waals surface area contributed by atoms with Crippen LogP contribution in [-0.2, 0) is 4.79 Å². The zero-order valence-corrected chi connectivity index (χ0v) is 12.6. The van der Waals surface area contributed by atoms with Crippen LogP contribution in [0.2, 0.25) is 0 Å². The Hall–Kier alpha value is -2.74. The summed E-state index contributed by atoms with van der Waals surface area (Å²) in [6.45, 7) is -0.407. The van der Waals surface area contributed by atoms with Crippen molar-refractivity contribution in [1.29, 1.82) is 0 Å². The fraction of sp³-hybridized carbons (Fsp3) is 0.0667. The quantitative estimate of drug-likeness (QED) is 0.591. The van der Waals surface area contributed by atoms with Gasteiger partial charge in [-0.15, -0.1) is 0 Å². The first-order valence-electron chi connectivity index (χ1n) is 6.54. The van der Waals surface area contributed by atoms with E-state index >= 15 is 0 Å². The van der Waals surface area contributed by atoms with Crippen molar-refractivity contribution in [3.05, 3.63) is 60.2 Å². The minimum atomic E-state index is -0.578. The van der Waals surface area contributed by atoms with Crippen LogP contribution >= 0.6 is 12.2 Å². The Morgan fingerprint density at radius 3 is 2.35 bits per heavy atom. The van der Waals surface area contributed by atoms with Gasteiger partial charge in [-0.2, -0.15) is 0 Å². The minimum Gasteiger partial charge on any atom is -0.481 e. The summed E-state index contributed by atoms with van der Waals surface area (Å²) in [5.74, 6) is -1.66. The number of benzene rings is 2. The molecule has 0 aliphatic carbocycles. The summed E-state index contributed by atoms with van der Waals surface area (Å²) < 4.78 is 31.7. The number of hydrogen-bond acceptors (Lipinski definition) is 3. The van der Waals surface area contributed by atoms with Crippen LogP contribution in [0.5, 0.6) is 5.75 Å². The van der Waals surface area contributed by atoms with E-state index in [9.17, 15) is 13.6 Å². The molecule has 2 aromatic rings. The van der Waals surface area contributed by atoms with Crippen LogP contribution < -0.4 is 20.9 Å². The van der Waals surface area contributed by atoms with Crippen molar-refractivity contribution in [2.75, 3.05) is 11.9 Å². The lowest BCUT2D eigenvalue weighted by Crippen LogP contribution is -2.45. The number of hydrogen-bond donors (Lipinski definition) is 3. The molecule has 0 heterocycles. The van der Waals surface area contributed by atoms with Gasteiger partial charge in [0.1, 0.15) is 5.82 Å². The van der Waals surface area contributed by atoms with Gasteiger partial charge >= 0.3 is 0 Å². The predicted molar refractivity (Wildman–Crippen MR) is 85.8 cm³/mol. The normalized spacial score (nSPS) is 9.83. The highest BCUT2D eigenvalue weighted by atomic mass is 32.1. The average Bonchev–Trinajstić information content (AvgIpc) is 2.54. The number of carbonyl (C=O) groups is 1. The third-order valence-electron chi connectivity index (χ3n) is 2.63. The van der Waals surface area contributed by atoms with Gasteiger partial charge in [0, 0.05) is 0 Å². The molecular formula is C15H13F2N3O2S. The number of carbonyl (C=O) groups excluding carboxylic acids is 1. The Kier molecular flexibility index (Phi) is 5.81. The van der Waals surface area contributed by atoms with Crippen LogP contribution in [0.15, 0.2) is 48.5 Å². The highest BCUT2D eigenvalue weighted by Gasteiger charge is 2.07. The number of para-hydroxylation sites is 2. The molecule has 0 unspecified atom stereocenters. The monoisotopic (exact) mass is 337 g/mol. The molecule has 120 valence electrons. The number of thiocarbonyl (C=S) groups is 1. The second-order valence-electron chi connectivity index (χ2n) is 4.33. The van der Waals surface area contributed by atoms with Crippen LogP contribution in [-0.4, -0.2) is 17.6 Å². The molecule has 0 aliphatic heterocycles. The molecule has 0 saturated heterocycles. The lowest BCUT2D eigenvalue weighted by atomic mass is 10.3. The van der Waals surface area contributed by atoms with Crippen LogP contribution in [0, 0.1) is 11.6 Å². The van der Waals surface area contributed by atoms with Gasteiger partial charge in [-0.05, 0) is 36.5 Å². The van der Waals surface area contributed by atoms with Gasteiger partial charge < -0.3 is 10.1 Å². The summed E-state index contributed by atoms with van der Waals surface area (Å²) in [5.41, 5.74) is 4.81. The molecular weight excluding hydrogens is 324 g/mol. The topological polar surface area (TPSA) is 62.4 Å². The summed E-state index contributed by atoms with van der Waals surface area (Å²) in [7, 11) is 0. The summed E-state index contributed by atoms with van der Waals surface area (Å²) in [6.07, 6.45) is 0. The number of halogens is 2. The third-order valence-corrected chi connectivity index (χ3v) is 2.84. The zero-order chi connectivity index (χ0) is 16.7.